The van der Waals surface area contributed by atoms with Crippen LogP contribution in [0.3, 0.4) is 0 Å². The molecule has 0 saturated heterocycles. The van der Waals surface area contributed by atoms with E-state index in [4.69, 9.17) is 9.47 Å². The van der Waals surface area contributed by atoms with E-state index in [-0.39, 0.29) is 5.56 Å². The third-order valence-electron chi connectivity index (χ3n) is 2.70. The lowest BCUT2D eigenvalue weighted by molar-refractivity contribution is -0.125. The maximum atomic E-state index is 11.8. The van der Waals surface area contributed by atoms with Crippen molar-refractivity contribution in [2.75, 3.05) is 13.7 Å². The summed E-state index contributed by atoms with van der Waals surface area (Å²) >= 11 is 1.24. The minimum absolute atomic E-state index is 0.264. The van der Waals surface area contributed by atoms with Crippen molar-refractivity contribution in [2.24, 2.45) is 0 Å². The van der Waals surface area contributed by atoms with Gasteiger partial charge >= 0.3 is 5.97 Å². The summed E-state index contributed by atoms with van der Waals surface area (Å²) in [6.45, 7) is -0.513. The van der Waals surface area contributed by atoms with Crippen molar-refractivity contribution < 1.29 is 23.9 Å². The number of carbonyl (C=O) groups excluding carboxylic acids is 3. The van der Waals surface area contributed by atoms with Crippen molar-refractivity contribution in [1.29, 1.82) is 0 Å². The first-order valence-corrected chi connectivity index (χ1v) is 7.42. The van der Waals surface area contributed by atoms with Gasteiger partial charge in [0, 0.05) is 0 Å². The Kier molecular flexibility index (Phi) is 5.70. The van der Waals surface area contributed by atoms with Gasteiger partial charge in [0.15, 0.2) is 6.61 Å². The van der Waals surface area contributed by atoms with E-state index in [0.29, 0.717) is 10.6 Å². The Bertz CT molecular complexity index is 700. The second kappa shape index (κ2) is 7.95. The fourth-order valence-corrected chi connectivity index (χ4v) is 2.22. The van der Waals surface area contributed by atoms with Crippen LogP contribution in [0.2, 0.25) is 0 Å². The molecule has 8 heteroatoms. The fourth-order valence-electron chi connectivity index (χ4n) is 1.60. The monoisotopic (exact) mass is 334 g/mol. The largest absolute Gasteiger partial charge is 0.497 e. The number of rotatable bonds is 5. The van der Waals surface area contributed by atoms with Crippen LogP contribution in [0.1, 0.15) is 20.0 Å². The molecule has 0 unspecified atom stereocenters. The molecule has 0 spiro atoms. The number of carbonyl (C=O) groups is 3. The molecule has 2 rings (SSSR count). The number of ether oxygens (including phenoxy) is 2. The van der Waals surface area contributed by atoms with E-state index in [1.165, 1.54) is 24.5 Å². The van der Waals surface area contributed by atoms with Gasteiger partial charge < -0.3 is 9.47 Å². The van der Waals surface area contributed by atoms with E-state index in [1.807, 2.05) is 0 Å². The zero-order chi connectivity index (χ0) is 16.7. The van der Waals surface area contributed by atoms with Crippen molar-refractivity contribution in [1.82, 2.24) is 10.9 Å². The molecule has 1 aromatic carbocycles. The van der Waals surface area contributed by atoms with Crippen LogP contribution < -0.4 is 15.6 Å². The van der Waals surface area contributed by atoms with Crippen molar-refractivity contribution in [3.8, 4) is 5.75 Å². The fraction of sp³-hybridized carbons (Fsp3) is 0.133. The minimum atomic E-state index is -0.663. The molecule has 1 aromatic heterocycles. The van der Waals surface area contributed by atoms with E-state index in [9.17, 15) is 14.4 Å². The number of hydrogen-bond donors (Lipinski definition) is 2. The van der Waals surface area contributed by atoms with Crippen LogP contribution in [0.5, 0.6) is 5.75 Å². The lowest BCUT2D eigenvalue weighted by atomic mass is 10.2. The summed E-state index contributed by atoms with van der Waals surface area (Å²) in [5, 5.41) is 1.74. The third kappa shape index (κ3) is 4.82. The van der Waals surface area contributed by atoms with Crippen LogP contribution in [0.25, 0.3) is 0 Å². The van der Waals surface area contributed by atoms with E-state index in [1.54, 1.807) is 35.7 Å². The molecule has 2 N–H and O–H groups in total. The summed E-state index contributed by atoms with van der Waals surface area (Å²) in [6, 6.07) is 9.70. The van der Waals surface area contributed by atoms with Gasteiger partial charge in [0.25, 0.3) is 11.8 Å². The molecule has 0 bridgehead atoms. The lowest BCUT2D eigenvalue weighted by Crippen LogP contribution is -2.43. The Morgan fingerprint density at radius 1 is 1.13 bits per heavy atom. The molecule has 0 fully saturated rings. The van der Waals surface area contributed by atoms with Crippen molar-refractivity contribution in [2.45, 2.75) is 0 Å². The van der Waals surface area contributed by atoms with Crippen LogP contribution in [0.15, 0.2) is 41.8 Å². The normalized spacial score (nSPS) is 9.78. The second-order valence-electron chi connectivity index (χ2n) is 4.29. The van der Waals surface area contributed by atoms with Gasteiger partial charge in [0.2, 0.25) is 0 Å². The molecule has 0 aliphatic heterocycles. The Balaban J connectivity index is 1.77. The summed E-state index contributed by atoms with van der Waals surface area (Å²) in [6.07, 6.45) is 0. The van der Waals surface area contributed by atoms with Gasteiger partial charge in [0.05, 0.1) is 17.6 Å². The number of nitrogens with one attached hydrogen (secondary N) is 2. The first-order chi connectivity index (χ1) is 11.1. The molecule has 0 radical (unpaired) electrons. The van der Waals surface area contributed by atoms with Gasteiger partial charge in [-0.2, -0.15) is 0 Å². The number of amides is 2. The summed E-state index contributed by atoms with van der Waals surface area (Å²) in [4.78, 5) is 35.4. The molecule has 0 aliphatic carbocycles. The van der Waals surface area contributed by atoms with Crippen LogP contribution >= 0.6 is 11.3 Å². The minimum Gasteiger partial charge on any atom is -0.497 e. The Hall–Kier alpha value is -2.87. The van der Waals surface area contributed by atoms with Gasteiger partial charge in [-0.15, -0.1) is 11.3 Å². The Morgan fingerprint density at radius 3 is 2.65 bits per heavy atom. The molecule has 0 atom stereocenters. The topological polar surface area (TPSA) is 93.7 Å². The average molecular weight is 334 g/mol. The molecule has 120 valence electrons. The number of hydrazine groups is 1. The van der Waals surface area contributed by atoms with Crippen LogP contribution in [0.4, 0.5) is 0 Å². The Labute approximate surface area is 136 Å². The van der Waals surface area contributed by atoms with Crippen LogP contribution in [-0.2, 0) is 9.53 Å². The van der Waals surface area contributed by atoms with Gasteiger partial charge in [-0.1, -0.05) is 12.1 Å². The van der Waals surface area contributed by atoms with Gasteiger partial charge in [0.1, 0.15) is 5.75 Å². The maximum absolute atomic E-state index is 11.8. The summed E-state index contributed by atoms with van der Waals surface area (Å²) in [5.41, 5.74) is 4.66. The molecule has 0 aliphatic rings. The molecule has 2 aromatic rings. The highest BCUT2D eigenvalue weighted by molar-refractivity contribution is 7.12. The number of thiophene rings is 1. The smallest absolute Gasteiger partial charge is 0.338 e. The SMILES string of the molecule is COc1cccc(C(=O)OCC(=O)NNC(=O)c2cccs2)c1. The predicted octanol–water partition coefficient (Wildman–Crippen LogP) is 1.37. The summed E-state index contributed by atoms with van der Waals surface area (Å²) in [5.74, 6) is -1.24. The molecule has 7 nitrogen and oxygen atoms in total. The predicted molar refractivity (Wildman–Crippen MR) is 83.2 cm³/mol. The zero-order valence-electron chi connectivity index (χ0n) is 12.2. The van der Waals surface area contributed by atoms with Gasteiger partial charge in [-0.05, 0) is 29.6 Å². The summed E-state index contributed by atoms with van der Waals surface area (Å²) < 4.78 is 9.85. The van der Waals surface area contributed by atoms with E-state index in [2.05, 4.69) is 10.9 Å². The highest BCUT2D eigenvalue weighted by Gasteiger charge is 2.12. The quantitative estimate of drug-likeness (QED) is 0.636. The van der Waals surface area contributed by atoms with Gasteiger partial charge in [-0.25, -0.2) is 4.79 Å². The summed E-state index contributed by atoms with van der Waals surface area (Å²) in [7, 11) is 1.48. The van der Waals surface area contributed by atoms with Crippen LogP contribution in [0, 0.1) is 0 Å². The number of methoxy groups -OCH3 is 1. The third-order valence-corrected chi connectivity index (χ3v) is 3.57. The van der Waals surface area contributed by atoms with E-state index < -0.39 is 24.4 Å². The lowest BCUT2D eigenvalue weighted by Gasteiger charge is -2.08. The number of esters is 1. The van der Waals surface area contributed by atoms with Crippen molar-refractivity contribution >= 4 is 29.1 Å². The average Bonchev–Trinajstić information content (AvgIpc) is 3.12. The number of hydrogen-bond acceptors (Lipinski definition) is 6. The van der Waals surface area contributed by atoms with E-state index in [0.717, 1.165) is 0 Å². The molecular formula is C15H14N2O5S. The first kappa shape index (κ1) is 16.5. The molecular weight excluding hydrogens is 320 g/mol. The standard InChI is InChI=1S/C15H14N2O5S/c1-21-11-5-2-4-10(8-11)15(20)22-9-13(18)16-17-14(19)12-6-3-7-23-12/h2-8H,9H2,1H3,(H,16,18)(H,17,19). The molecule has 1 heterocycles. The molecule has 2 amide bonds. The number of benzene rings is 1. The molecule has 0 saturated carbocycles. The van der Waals surface area contributed by atoms with Crippen LogP contribution in [-0.4, -0.2) is 31.5 Å². The Morgan fingerprint density at radius 2 is 1.96 bits per heavy atom. The highest BCUT2D eigenvalue weighted by atomic mass is 32.1. The maximum Gasteiger partial charge on any atom is 0.338 e. The first-order valence-electron chi connectivity index (χ1n) is 6.54. The zero-order valence-corrected chi connectivity index (χ0v) is 13.0. The highest BCUT2D eigenvalue weighted by Crippen LogP contribution is 2.13. The second-order valence-corrected chi connectivity index (χ2v) is 5.24. The van der Waals surface area contributed by atoms with E-state index >= 15 is 0 Å². The molecule has 23 heavy (non-hydrogen) atoms. The van der Waals surface area contributed by atoms with Crippen molar-refractivity contribution in [3.05, 3.63) is 52.2 Å². The van der Waals surface area contributed by atoms with Gasteiger partial charge in [-0.3, -0.25) is 20.4 Å². The van der Waals surface area contributed by atoms with Crippen molar-refractivity contribution in [3.63, 3.8) is 0 Å².